The second kappa shape index (κ2) is 10.7. The molecular formula is C19H19ClN2O6S. The van der Waals surface area contributed by atoms with Gasteiger partial charge in [-0.15, -0.1) is 11.3 Å². The zero-order chi connectivity index (χ0) is 21.4. The van der Waals surface area contributed by atoms with E-state index in [2.05, 4.69) is 4.90 Å². The van der Waals surface area contributed by atoms with Crippen LogP contribution in [0.25, 0.3) is 0 Å². The van der Waals surface area contributed by atoms with Crippen molar-refractivity contribution in [2.24, 2.45) is 0 Å². The van der Waals surface area contributed by atoms with E-state index in [1.54, 1.807) is 17.0 Å². The summed E-state index contributed by atoms with van der Waals surface area (Å²) in [6.07, 6.45) is 0. The number of piperazine rings is 1. The first kappa shape index (κ1) is 22.5. The lowest BCUT2D eigenvalue weighted by Gasteiger charge is -2.34. The minimum atomic E-state index is -1.82. The van der Waals surface area contributed by atoms with Crippen LogP contribution in [0.3, 0.4) is 0 Å². The third-order valence-corrected chi connectivity index (χ3v) is 5.35. The van der Waals surface area contributed by atoms with E-state index in [1.807, 2.05) is 29.6 Å². The standard InChI is InChI=1S/C17H17ClN2O2S.C2H2O4/c18-14-5-2-1-4-13(14)17(22)20-9-7-19(8-10-20)12-15(21)16-6-3-11-23-16;3-1(4)2(5)6/h1-6,11H,7-10,12H2;(H,3,4)(H,5,6). The summed E-state index contributed by atoms with van der Waals surface area (Å²) in [6.45, 7) is 3.04. The minimum absolute atomic E-state index is 0.0418. The number of ketones is 1. The fourth-order valence-corrected chi connectivity index (χ4v) is 3.51. The Morgan fingerprint density at radius 3 is 2.07 bits per heavy atom. The molecule has 0 aliphatic carbocycles. The molecular weight excluding hydrogens is 420 g/mol. The number of carboxylic acid groups (broad SMARTS) is 2. The predicted octanol–water partition coefficient (Wildman–Crippen LogP) is 2.20. The molecule has 1 fully saturated rings. The molecule has 0 unspecified atom stereocenters. The molecule has 2 heterocycles. The maximum atomic E-state index is 12.5. The summed E-state index contributed by atoms with van der Waals surface area (Å²) in [4.78, 5) is 47.5. The van der Waals surface area contributed by atoms with Gasteiger partial charge in [0.05, 0.1) is 22.0 Å². The number of carboxylic acids is 2. The summed E-state index contributed by atoms with van der Waals surface area (Å²) in [5.41, 5.74) is 0.539. The molecule has 29 heavy (non-hydrogen) atoms. The highest BCUT2D eigenvalue weighted by atomic mass is 35.5. The van der Waals surface area contributed by atoms with E-state index < -0.39 is 11.9 Å². The second-order valence-corrected chi connectivity index (χ2v) is 7.41. The second-order valence-electron chi connectivity index (χ2n) is 6.06. The normalized spacial score (nSPS) is 13.9. The number of thiophene rings is 1. The summed E-state index contributed by atoms with van der Waals surface area (Å²) >= 11 is 7.56. The highest BCUT2D eigenvalue weighted by Gasteiger charge is 2.24. The van der Waals surface area contributed by atoms with Gasteiger partial charge < -0.3 is 15.1 Å². The van der Waals surface area contributed by atoms with Crippen LogP contribution in [0, 0.1) is 0 Å². The van der Waals surface area contributed by atoms with Gasteiger partial charge >= 0.3 is 11.9 Å². The summed E-state index contributed by atoms with van der Waals surface area (Å²) in [7, 11) is 0. The van der Waals surface area contributed by atoms with Crippen LogP contribution >= 0.6 is 22.9 Å². The van der Waals surface area contributed by atoms with Gasteiger partial charge in [0.15, 0.2) is 5.78 Å². The van der Waals surface area contributed by atoms with Gasteiger partial charge in [-0.05, 0) is 23.6 Å². The summed E-state index contributed by atoms with van der Waals surface area (Å²) < 4.78 is 0. The van der Waals surface area contributed by atoms with Gasteiger partial charge in [0.1, 0.15) is 0 Å². The fraction of sp³-hybridized carbons (Fsp3) is 0.263. The Bertz CT molecular complexity index is 867. The number of rotatable bonds is 4. The smallest absolute Gasteiger partial charge is 0.414 e. The van der Waals surface area contributed by atoms with Crippen LogP contribution < -0.4 is 0 Å². The molecule has 1 aromatic heterocycles. The van der Waals surface area contributed by atoms with Gasteiger partial charge in [-0.25, -0.2) is 9.59 Å². The zero-order valence-electron chi connectivity index (χ0n) is 15.3. The Labute approximate surface area is 175 Å². The maximum Gasteiger partial charge on any atom is 0.414 e. The summed E-state index contributed by atoms with van der Waals surface area (Å²) in [5, 5.41) is 17.2. The Morgan fingerprint density at radius 1 is 0.931 bits per heavy atom. The minimum Gasteiger partial charge on any atom is -0.473 e. The lowest BCUT2D eigenvalue weighted by Crippen LogP contribution is -2.49. The maximum absolute atomic E-state index is 12.5. The van der Waals surface area contributed by atoms with Crippen molar-refractivity contribution in [3.63, 3.8) is 0 Å². The molecule has 10 heteroatoms. The van der Waals surface area contributed by atoms with Crippen molar-refractivity contribution in [2.45, 2.75) is 0 Å². The molecule has 0 spiro atoms. The molecule has 1 aliphatic heterocycles. The molecule has 1 amide bonds. The Kier molecular flexibility index (Phi) is 8.32. The number of carbonyl (C=O) groups is 4. The number of nitrogens with zero attached hydrogens (tertiary/aromatic N) is 2. The molecule has 0 saturated carbocycles. The van der Waals surface area contributed by atoms with Crippen molar-refractivity contribution in [3.05, 3.63) is 57.2 Å². The van der Waals surface area contributed by atoms with Crippen LogP contribution in [0.5, 0.6) is 0 Å². The molecule has 0 atom stereocenters. The monoisotopic (exact) mass is 438 g/mol. The Hall–Kier alpha value is -2.75. The number of Topliss-reactive ketones (excluding diaryl/α,β-unsaturated/α-hetero) is 1. The average molecular weight is 439 g/mol. The van der Waals surface area contributed by atoms with Gasteiger partial charge in [-0.2, -0.15) is 0 Å². The summed E-state index contributed by atoms with van der Waals surface area (Å²) in [5.74, 6) is -3.55. The fourth-order valence-electron chi connectivity index (χ4n) is 2.63. The molecule has 1 aliphatic rings. The first-order valence-corrected chi connectivity index (χ1v) is 9.84. The first-order chi connectivity index (χ1) is 13.8. The third-order valence-electron chi connectivity index (χ3n) is 4.11. The van der Waals surface area contributed by atoms with Crippen molar-refractivity contribution in [1.29, 1.82) is 0 Å². The topological polar surface area (TPSA) is 115 Å². The van der Waals surface area contributed by atoms with Crippen molar-refractivity contribution in [2.75, 3.05) is 32.7 Å². The number of halogens is 1. The number of hydrogen-bond acceptors (Lipinski definition) is 6. The van der Waals surface area contributed by atoms with Gasteiger partial charge in [0, 0.05) is 26.2 Å². The van der Waals surface area contributed by atoms with E-state index in [0.717, 1.165) is 4.88 Å². The molecule has 2 aromatic rings. The van der Waals surface area contributed by atoms with E-state index in [1.165, 1.54) is 11.3 Å². The van der Waals surface area contributed by atoms with Crippen LogP contribution in [0.2, 0.25) is 5.02 Å². The lowest BCUT2D eigenvalue weighted by atomic mass is 10.1. The number of aliphatic carboxylic acids is 2. The van der Waals surface area contributed by atoms with Crippen molar-refractivity contribution < 1.29 is 29.4 Å². The lowest BCUT2D eigenvalue weighted by molar-refractivity contribution is -0.159. The van der Waals surface area contributed by atoms with E-state index in [4.69, 9.17) is 31.4 Å². The molecule has 0 radical (unpaired) electrons. The quantitative estimate of drug-likeness (QED) is 0.555. The predicted molar refractivity (Wildman–Crippen MR) is 108 cm³/mol. The van der Waals surface area contributed by atoms with Crippen LogP contribution in [0.1, 0.15) is 20.0 Å². The SMILES string of the molecule is O=C(CN1CCN(C(=O)c2ccccc2Cl)CC1)c1cccs1.O=C(O)C(=O)O. The molecule has 1 aromatic carbocycles. The number of benzene rings is 1. The van der Waals surface area contributed by atoms with E-state index in [0.29, 0.717) is 43.3 Å². The molecule has 2 N–H and O–H groups in total. The van der Waals surface area contributed by atoms with E-state index in [9.17, 15) is 9.59 Å². The van der Waals surface area contributed by atoms with Crippen molar-refractivity contribution >= 4 is 46.6 Å². The van der Waals surface area contributed by atoms with Crippen LogP contribution in [0.4, 0.5) is 0 Å². The zero-order valence-corrected chi connectivity index (χ0v) is 16.9. The van der Waals surface area contributed by atoms with Crippen LogP contribution in [-0.2, 0) is 9.59 Å². The van der Waals surface area contributed by atoms with Crippen molar-refractivity contribution in [3.8, 4) is 0 Å². The van der Waals surface area contributed by atoms with Crippen LogP contribution in [-0.4, -0.2) is 76.4 Å². The van der Waals surface area contributed by atoms with Gasteiger partial charge in [0.2, 0.25) is 0 Å². The number of amides is 1. The molecule has 8 nitrogen and oxygen atoms in total. The summed E-state index contributed by atoms with van der Waals surface area (Å²) in [6, 6.07) is 10.8. The largest absolute Gasteiger partial charge is 0.473 e. The Morgan fingerprint density at radius 2 is 1.55 bits per heavy atom. The number of hydrogen-bond donors (Lipinski definition) is 2. The third kappa shape index (κ3) is 6.67. The van der Waals surface area contributed by atoms with Gasteiger partial charge in [0.25, 0.3) is 5.91 Å². The first-order valence-electron chi connectivity index (χ1n) is 8.58. The van der Waals surface area contributed by atoms with Crippen LogP contribution in [0.15, 0.2) is 41.8 Å². The highest BCUT2D eigenvalue weighted by molar-refractivity contribution is 7.12. The van der Waals surface area contributed by atoms with E-state index in [-0.39, 0.29) is 11.7 Å². The highest BCUT2D eigenvalue weighted by Crippen LogP contribution is 2.18. The average Bonchev–Trinajstić information content (AvgIpc) is 3.24. The van der Waals surface area contributed by atoms with Gasteiger partial charge in [-0.1, -0.05) is 29.8 Å². The van der Waals surface area contributed by atoms with Crippen molar-refractivity contribution in [1.82, 2.24) is 9.80 Å². The van der Waals surface area contributed by atoms with Gasteiger partial charge in [-0.3, -0.25) is 14.5 Å². The molecule has 1 saturated heterocycles. The molecule has 3 rings (SSSR count). The van der Waals surface area contributed by atoms with E-state index >= 15 is 0 Å². The molecule has 0 bridgehead atoms. The number of carbonyl (C=O) groups excluding carboxylic acids is 2. The molecule has 154 valence electrons. The Balaban J connectivity index is 0.000000438.